The molecule has 0 saturated heterocycles. The van der Waals surface area contributed by atoms with Gasteiger partial charge in [0, 0.05) is 18.3 Å². The van der Waals surface area contributed by atoms with Crippen LogP contribution >= 0.6 is 0 Å². The maximum atomic E-state index is 12.7. The Morgan fingerprint density at radius 2 is 1.67 bits per heavy atom. The van der Waals surface area contributed by atoms with Crippen LogP contribution in [0, 0.1) is 0 Å². The molecule has 21 heavy (non-hydrogen) atoms. The first kappa shape index (κ1) is 13.8. The van der Waals surface area contributed by atoms with Gasteiger partial charge in [0.2, 0.25) is 5.91 Å². The number of rotatable bonds is 5. The standard InChI is InChI=1S/C18H20N2O/c19-13-15-6-8-16(9-7-15)20(17-10-11-17)18(21)12-14-4-2-1-3-5-14/h1-9,17H,10-13,19H2. The number of hydrogen-bond donors (Lipinski definition) is 1. The summed E-state index contributed by atoms with van der Waals surface area (Å²) in [6, 6.07) is 18.3. The van der Waals surface area contributed by atoms with Crippen molar-refractivity contribution in [2.75, 3.05) is 4.90 Å². The molecule has 0 bridgehead atoms. The summed E-state index contributed by atoms with van der Waals surface area (Å²) in [5.41, 5.74) is 8.76. The predicted molar refractivity (Wildman–Crippen MR) is 85.0 cm³/mol. The summed E-state index contributed by atoms with van der Waals surface area (Å²) in [7, 11) is 0. The molecule has 3 rings (SSSR count). The average Bonchev–Trinajstić information content (AvgIpc) is 3.34. The third kappa shape index (κ3) is 3.31. The molecule has 0 heterocycles. The molecule has 2 aromatic carbocycles. The van der Waals surface area contributed by atoms with Gasteiger partial charge in [-0.3, -0.25) is 4.79 Å². The Kier molecular flexibility index (Phi) is 4.02. The Balaban J connectivity index is 1.79. The maximum absolute atomic E-state index is 12.7. The fourth-order valence-corrected chi connectivity index (χ4v) is 2.54. The Hall–Kier alpha value is -2.13. The number of hydrogen-bond acceptors (Lipinski definition) is 2. The monoisotopic (exact) mass is 280 g/mol. The van der Waals surface area contributed by atoms with E-state index in [0.717, 1.165) is 29.7 Å². The van der Waals surface area contributed by atoms with E-state index >= 15 is 0 Å². The number of carbonyl (C=O) groups is 1. The zero-order chi connectivity index (χ0) is 14.7. The van der Waals surface area contributed by atoms with E-state index in [9.17, 15) is 4.79 Å². The molecule has 0 atom stereocenters. The third-order valence-electron chi connectivity index (χ3n) is 3.83. The van der Waals surface area contributed by atoms with Crippen LogP contribution in [-0.4, -0.2) is 11.9 Å². The smallest absolute Gasteiger partial charge is 0.231 e. The molecule has 0 aliphatic heterocycles. The molecule has 3 heteroatoms. The van der Waals surface area contributed by atoms with Crippen molar-refractivity contribution in [2.45, 2.75) is 31.8 Å². The van der Waals surface area contributed by atoms with Gasteiger partial charge in [-0.25, -0.2) is 0 Å². The highest BCUT2D eigenvalue weighted by atomic mass is 16.2. The summed E-state index contributed by atoms with van der Waals surface area (Å²) < 4.78 is 0. The van der Waals surface area contributed by atoms with Crippen LogP contribution in [0.2, 0.25) is 0 Å². The molecule has 1 amide bonds. The van der Waals surface area contributed by atoms with Crippen LogP contribution in [0.1, 0.15) is 24.0 Å². The van der Waals surface area contributed by atoms with Gasteiger partial charge in [-0.05, 0) is 36.1 Å². The van der Waals surface area contributed by atoms with Crippen LogP contribution in [0.5, 0.6) is 0 Å². The van der Waals surface area contributed by atoms with Crippen molar-refractivity contribution >= 4 is 11.6 Å². The molecule has 3 nitrogen and oxygen atoms in total. The Labute approximate surface area is 125 Å². The second-order valence-electron chi connectivity index (χ2n) is 5.53. The lowest BCUT2D eigenvalue weighted by molar-refractivity contribution is -0.118. The van der Waals surface area contributed by atoms with Gasteiger partial charge in [-0.1, -0.05) is 42.5 Å². The molecule has 2 N–H and O–H groups in total. The molecular weight excluding hydrogens is 260 g/mol. The van der Waals surface area contributed by atoms with Crippen LogP contribution < -0.4 is 10.6 Å². The van der Waals surface area contributed by atoms with Crippen molar-refractivity contribution in [1.82, 2.24) is 0 Å². The topological polar surface area (TPSA) is 46.3 Å². The number of nitrogens with zero attached hydrogens (tertiary/aromatic N) is 1. The first-order chi connectivity index (χ1) is 10.3. The summed E-state index contributed by atoms with van der Waals surface area (Å²) in [5, 5.41) is 0. The SMILES string of the molecule is NCc1ccc(N(C(=O)Cc2ccccc2)C2CC2)cc1. The molecule has 0 unspecified atom stereocenters. The quantitative estimate of drug-likeness (QED) is 0.915. The molecular formula is C18H20N2O. The summed E-state index contributed by atoms with van der Waals surface area (Å²) in [4.78, 5) is 14.6. The number of carbonyl (C=O) groups excluding carboxylic acids is 1. The average molecular weight is 280 g/mol. The second kappa shape index (κ2) is 6.10. The molecule has 108 valence electrons. The van der Waals surface area contributed by atoms with E-state index in [0.29, 0.717) is 19.0 Å². The number of anilines is 1. The Morgan fingerprint density at radius 3 is 2.24 bits per heavy atom. The van der Waals surface area contributed by atoms with Crippen LogP contribution in [0.15, 0.2) is 54.6 Å². The fourth-order valence-electron chi connectivity index (χ4n) is 2.54. The highest BCUT2D eigenvalue weighted by molar-refractivity contribution is 5.95. The molecule has 1 fully saturated rings. The van der Waals surface area contributed by atoms with Crippen LogP contribution in [0.3, 0.4) is 0 Å². The lowest BCUT2D eigenvalue weighted by atomic mass is 10.1. The normalized spacial score (nSPS) is 14.0. The molecule has 1 aliphatic rings. The minimum Gasteiger partial charge on any atom is -0.326 e. The van der Waals surface area contributed by atoms with E-state index in [-0.39, 0.29) is 5.91 Å². The van der Waals surface area contributed by atoms with E-state index in [2.05, 4.69) is 0 Å². The highest BCUT2D eigenvalue weighted by Gasteiger charge is 2.33. The van der Waals surface area contributed by atoms with Crippen LogP contribution in [0.4, 0.5) is 5.69 Å². The second-order valence-corrected chi connectivity index (χ2v) is 5.53. The van der Waals surface area contributed by atoms with Gasteiger partial charge in [-0.15, -0.1) is 0 Å². The summed E-state index contributed by atoms with van der Waals surface area (Å²) >= 11 is 0. The van der Waals surface area contributed by atoms with Gasteiger partial charge in [0.25, 0.3) is 0 Å². The first-order valence-corrected chi connectivity index (χ1v) is 7.43. The van der Waals surface area contributed by atoms with Gasteiger partial charge in [-0.2, -0.15) is 0 Å². The van der Waals surface area contributed by atoms with Crippen molar-refractivity contribution in [3.63, 3.8) is 0 Å². The molecule has 1 aliphatic carbocycles. The largest absolute Gasteiger partial charge is 0.326 e. The third-order valence-corrected chi connectivity index (χ3v) is 3.83. The zero-order valence-electron chi connectivity index (χ0n) is 12.0. The number of amides is 1. The summed E-state index contributed by atoms with van der Waals surface area (Å²) in [6.07, 6.45) is 2.65. The van der Waals surface area contributed by atoms with Crippen molar-refractivity contribution in [3.8, 4) is 0 Å². The van der Waals surface area contributed by atoms with Crippen LogP contribution in [0.25, 0.3) is 0 Å². The van der Waals surface area contributed by atoms with Crippen LogP contribution in [-0.2, 0) is 17.8 Å². The maximum Gasteiger partial charge on any atom is 0.231 e. The minimum atomic E-state index is 0.171. The van der Waals surface area contributed by atoms with E-state index in [1.54, 1.807) is 0 Å². The lowest BCUT2D eigenvalue weighted by Gasteiger charge is -2.23. The van der Waals surface area contributed by atoms with Gasteiger partial charge in [0.1, 0.15) is 0 Å². The van der Waals surface area contributed by atoms with Gasteiger partial charge < -0.3 is 10.6 Å². The van der Waals surface area contributed by atoms with E-state index in [1.807, 2.05) is 59.5 Å². The predicted octanol–water partition coefficient (Wildman–Crippen LogP) is 2.88. The van der Waals surface area contributed by atoms with Gasteiger partial charge in [0.15, 0.2) is 0 Å². The zero-order valence-corrected chi connectivity index (χ0v) is 12.0. The Morgan fingerprint density at radius 1 is 1.00 bits per heavy atom. The summed E-state index contributed by atoms with van der Waals surface area (Å²) in [6.45, 7) is 0.529. The van der Waals surface area contributed by atoms with E-state index in [4.69, 9.17) is 5.73 Å². The van der Waals surface area contributed by atoms with Crippen molar-refractivity contribution in [1.29, 1.82) is 0 Å². The van der Waals surface area contributed by atoms with E-state index < -0.39 is 0 Å². The van der Waals surface area contributed by atoms with E-state index in [1.165, 1.54) is 0 Å². The summed E-state index contributed by atoms with van der Waals surface area (Å²) in [5.74, 6) is 0.171. The molecule has 1 saturated carbocycles. The van der Waals surface area contributed by atoms with Gasteiger partial charge >= 0.3 is 0 Å². The number of nitrogens with two attached hydrogens (primary N) is 1. The molecule has 0 radical (unpaired) electrons. The first-order valence-electron chi connectivity index (χ1n) is 7.43. The highest BCUT2D eigenvalue weighted by Crippen LogP contribution is 2.32. The van der Waals surface area contributed by atoms with Crippen molar-refractivity contribution < 1.29 is 4.79 Å². The van der Waals surface area contributed by atoms with Crippen molar-refractivity contribution in [3.05, 3.63) is 65.7 Å². The minimum absolute atomic E-state index is 0.171. The lowest BCUT2D eigenvalue weighted by Crippen LogP contribution is -2.34. The van der Waals surface area contributed by atoms with Crippen molar-refractivity contribution in [2.24, 2.45) is 5.73 Å². The Bertz CT molecular complexity index is 603. The molecule has 2 aromatic rings. The van der Waals surface area contributed by atoms with Gasteiger partial charge in [0.05, 0.1) is 6.42 Å². The molecule has 0 spiro atoms. The fraction of sp³-hybridized carbons (Fsp3) is 0.278. The number of benzene rings is 2. The molecule has 0 aromatic heterocycles.